The van der Waals surface area contributed by atoms with Gasteiger partial charge in [0.1, 0.15) is 6.54 Å². The number of hydrogen-bond acceptors (Lipinski definition) is 2. The summed E-state index contributed by atoms with van der Waals surface area (Å²) in [6.07, 6.45) is -2.50. The third kappa shape index (κ3) is 3.72. The number of urea groups is 1. The molecule has 1 heterocycles. The largest absolute Gasteiger partial charge is 0.340 e. The lowest BCUT2D eigenvalue weighted by Gasteiger charge is -2.37. The number of amides is 3. The van der Waals surface area contributed by atoms with Gasteiger partial charge in [0.25, 0.3) is 6.43 Å². The van der Waals surface area contributed by atoms with Crippen molar-refractivity contribution in [2.24, 2.45) is 0 Å². The molecule has 0 spiro atoms. The number of piperazine rings is 1. The van der Waals surface area contributed by atoms with E-state index in [2.05, 4.69) is 5.32 Å². The van der Waals surface area contributed by atoms with E-state index in [9.17, 15) is 18.4 Å². The van der Waals surface area contributed by atoms with E-state index < -0.39 is 6.43 Å². The molecule has 1 N–H and O–H groups in total. The second-order valence-corrected chi connectivity index (χ2v) is 5.44. The SMILES string of the molecule is CC1CN(C(=O)NCc2ccc(C(F)F)cc2)CC(=O)N1C. The van der Waals surface area contributed by atoms with Crippen LogP contribution < -0.4 is 5.32 Å². The molecule has 1 unspecified atom stereocenters. The number of carbonyl (C=O) groups is 2. The summed E-state index contributed by atoms with van der Waals surface area (Å²) in [5.41, 5.74) is 0.680. The average molecular weight is 311 g/mol. The molecular formula is C15H19F2N3O2. The molecule has 2 rings (SSSR count). The number of benzene rings is 1. The summed E-state index contributed by atoms with van der Waals surface area (Å²) in [7, 11) is 1.72. The first kappa shape index (κ1) is 16.2. The lowest BCUT2D eigenvalue weighted by atomic mass is 10.1. The third-order valence-electron chi connectivity index (χ3n) is 3.83. The number of alkyl halides is 2. The van der Waals surface area contributed by atoms with Crippen molar-refractivity contribution in [3.63, 3.8) is 0 Å². The molecule has 1 fully saturated rings. The Labute approximate surface area is 127 Å². The number of hydrogen-bond donors (Lipinski definition) is 1. The van der Waals surface area contributed by atoms with Crippen molar-refractivity contribution < 1.29 is 18.4 Å². The van der Waals surface area contributed by atoms with Crippen LogP contribution in [0.25, 0.3) is 0 Å². The van der Waals surface area contributed by atoms with Gasteiger partial charge in [-0.25, -0.2) is 13.6 Å². The van der Waals surface area contributed by atoms with Crippen LogP contribution in [0.15, 0.2) is 24.3 Å². The van der Waals surface area contributed by atoms with E-state index in [1.54, 1.807) is 24.1 Å². The van der Waals surface area contributed by atoms with Crippen molar-refractivity contribution in [3.05, 3.63) is 35.4 Å². The number of carbonyl (C=O) groups excluding carboxylic acids is 2. The molecule has 1 aromatic carbocycles. The van der Waals surface area contributed by atoms with Gasteiger partial charge in [-0.3, -0.25) is 4.79 Å². The molecule has 1 aliphatic rings. The monoisotopic (exact) mass is 311 g/mol. The number of rotatable bonds is 3. The van der Waals surface area contributed by atoms with Crippen LogP contribution in [0.3, 0.4) is 0 Å². The fraction of sp³-hybridized carbons (Fsp3) is 0.467. The second-order valence-electron chi connectivity index (χ2n) is 5.44. The topological polar surface area (TPSA) is 52.7 Å². The van der Waals surface area contributed by atoms with E-state index in [1.807, 2.05) is 6.92 Å². The van der Waals surface area contributed by atoms with Crippen molar-refractivity contribution in [1.29, 1.82) is 0 Å². The van der Waals surface area contributed by atoms with E-state index >= 15 is 0 Å². The van der Waals surface area contributed by atoms with E-state index in [-0.39, 0.29) is 36.6 Å². The normalized spacial score (nSPS) is 18.8. The molecular weight excluding hydrogens is 292 g/mol. The van der Waals surface area contributed by atoms with Gasteiger partial charge in [-0.05, 0) is 12.5 Å². The van der Waals surface area contributed by atoms with Crippen molar-refractivity contribution >= 4 is 11.9 Å². The van der Waals surface area contributed by atoms with Gasteiger partial charge < -0.3 is 15.1 Å². The van der Waals surface area contributed by atoms with Gasteiger partial charge in [0.05, 0.1) is 0 Å². The molecule has 0 aliphatic carbocycles. The molecule has 1 atom stereocenters. The highest BCUT2D eigenvalue weighted by molar-refractivity contribution is 5.85. The summed E-state index contributed by atoms with van der Waals surface area (Å²) in [6, 6.07) is 5.43. The molecule has 0 radical (unpaired) electrons. The van der Waals surface area contributed by atoms with E-state index in [0.29, 0.717) is 6.54 Å². The quantitative estimate of drug-likeness (QED) is 0.928. The molecule has 1 aromatic rings. The van der Waals surface area contributed by atoms with Gasteiger partial charge in [-0.1, -0.05) is 24.3 Å². The first-order valence-corrected chi connectivity index (χ1v) is 7.04. The minimum Gasteiger partial charge on any atom is -0.340 e. The fourth-order valence-electron chi connectivity index (χ4n) is 2.25. The molecule has 1 saturated heterocycles. The van der Waals surface area contributed by atoms with Crippen LogP contribution in [0.1, 0.15) is 24.5 Å². The average Bonchev–Trinajstić information content (AvgIpc) is 2.50. The molecule has 1 aliphatic heterocycles. The Morgan fingerprint density at radius 3 is 2.55 bits per heavy atom. The first-order valence-electron chi connectivity index (χ1n) is 7.04. The smallest absolute Gasteiger partial charge is 0.318 e. The molecule has 7 heteroatoms. The maximum absolute atomic E-state index is 12.4. The summed E-state index contributed by atoms with van der Waals surface area (Å²) in [6.45, 7) is 2.63. The Kier molecular flexibility index (Phi) is 4.95. The number of likely N-dealkylation sites (N-methyl/N-ethyl adjacent to an activating group) is 1. The lowest BCUT2D eigenvalue weighted by Crippen LogP contribution is -2.57. The van der Waals surface area contributed by atoms with Crippen LogP contribution in [0.5, 0.6) is 0 Å². The Morgan fingerprint density at radius 1 is 1.36 bits per heavy atom. The van der Waals surface area contributed by atoms with Crippen molar-refractivity contribution in [2.75, 3.05) is 20.1 Å². The Balaban J connectivity index is 1.88. The van der Waals surface area contributed by atoms with Gasteiger partial charge >= 0.3 is 6.03 Å². The fourth-order valence-corrected chi connectivity index (χ4v) is 2.25. The number of nitrogens with one attached hydrogen (secondary N) is 1. The molecule has 22 heavy (non-hydrogen) atoms. The number of halogens is 2. The molecule has 3 amide bonds. The van der Waals surface area contributed by atoms with Gasteiger partial charge in [0.15, 0.2) is 0 Å². The number of nitrogens with zero attached hydrogens (tertiary/aromatic N) is 2. The maximum Gasteiger partial charge on any atom is 0.318 e. The summed E-state index contributed by atoms with van der Waals surface area (Å²) in [5.74, 6) is -0.102. The molecule has 0 aromatic heterocycles. The first-order chi connectivity index (χ1) is 10.4. The minimum absolute atomic E-state index is 0.0303. The van der Waals surface area contributed by atoms with Crippen molar-refractivity contribution in [2.45, 2.75) is 25.9 Å². The lowest BCUT2D eigenvalue weighted by molar-refractivity contribution is -0.135. The van der Waals surface area contributed by atoms with Crippen LogP contribution >= 0.6 is 0 Å². The van der Waals surface area contributed by atoms with Crippen LogP contribution in [0, 0.1) is 0 Å². The van der Waals surface area contributed by atoms with Crippen molar-refractivity contribution in [1.82, 2.24) is 15.1 Å². The predicted molar refractivity (Wildman–Crippen MR) is 77.4 cm³/mol. The standard InChI is InChI=1S/C15H19F2N3O2/c1-10-8-20(9-13(21)19(10)2)15(22)18-7-11-3-5-12(6-4-11)14(16)17/h3-6,10,14H,7-9H2,1-2H3,(H,18,22). The van der Waals surface area contributed by atoms with Crippen LogP contribution in [-0.2, 0) is 11.3 Å². The summed E-state index contributed by atoms with van der Waals surface area (Å²) >= 11 is 0. The summed E-state index contributed by atoms with van der Waals surface area (Å²) in [5, 5.41) is 2.70. The highest BCUT2D eigenvalue weighted by Crippen LogP contribution is 2.18. The van der Waals surface area contributed by atoms with Crippen LogP contribution in [0.4, 0.5) is 13.6 Å². The maximum atomic E-state index is 12.4. The highest BCUT2D eigenvalue weighted by atomic mass is 19.3. The summed E-state index contributed by atoms with van der Waals surface area (Å²) in [4.78, 5) is 26.9. The van der Waals surface area contributed by atoms with Crippen LogP contribution in [-0.4, -0.2) is 47.9 Å². The van der Waals surface area contributed by atoms with Crippen LogP contribution in [0.2, 0.25) is 0 Å². The molecule has 0 bridgehead atoms. The van der Waals surface area contributed by atoms with Gasteiger partial charge in [-0.2, -0.15) is 0 Å². The zero-order valence-electron chi connectivity index (χ0n) is 12.6. The Hall–Kier alpha value is -2.18. The van der Waals surface area contributed by atoms with E-state index in [1.165, 1.54) is 17.0 Å². The summed E-state index contributed by atoms with van der Waals surface area (Å²) < 4.78 is 24.9. The minimum atomic E-state index is -2.50. The van der Waals surface area contributed by atoms with Gasteiger partial charge in [-0.15, -0.1) is 0 Å². The zero-order valence-corrected chi connectivity index (χ0v) is 12.6. The van der Waals surface area contributed by atoms with Gasteiger partial charge in [0.2, 0.25) is 5.91 Å². The van der Waals surface area contributed by atoms with Gasteiger partial charge in [0, 0.05) is 31.7 Å². The highest BCUT2D eigenvalue weighted by Gasteiger charge is 2.29. The zero-order chi connectivity index (χ0) is 16.3. The third-order valence-corrected chi connectivity index (χ3v) is 3.83. The van der Waals surface area contributed by atoms with Crippen molar-refractivity contribution in [3.8, 4) is 0 Å². The van der Waals surface area contributed by atoms with E-state index in [0.717, 1.165) is 5.56 Å². The molecule has 0 saturated carbocycles. The predicted octanol–water partition coefficient (Wildman–Crippen LogP) is 2.00. The Morgan fingerprint density at radius 2 is 2.00 bits per heavy atom. The second kappa shape index (κ2) is 6.72. The van der Waals surface area contributed by atoms with E-state index in [4.69, 9.17) is 0 Å². The Bertz CT molecular complexity index is 548. The molecule has 5 nitrogen and oxygen atoms in total. The molecule has 120 valence electrons.